The summed E-state index contributed by atoms with van der Waals surface area (Å²) >= 11 is 0. The molecule has 18 heavy (non-hydrogen) atoms. The number of anilines is 1. The minimum absolute atomic E-state index is 0.276. The number of benzene rings is 1. The van der Waals surface area contributed by atoms with Crippen molar-refractivity contribution in [3.8, 4) is 5.75 Å². The predicted octanol–water partition coefficient (Wildman–Crippen LogP) is 3.15. The Morgan fingerprint density at radius 1 is 1.33 bits per heavy atom. The van der Waals surface area contributed by atoms with Crippen molar-refractivity contribution in [1.29, 1.82) is 0 Å². The molecule has 1 aromatic heterocycles. The van der Waals surface area contributed by atoms with E-state index in [0.29, 0.717) is 12.2 Å². The number of aryl methyl sites for hydroxylation is 1. The van der Waals surface area contributed by atoms with Crippen LogP contribution in [0.15, 0.2) is 36.5 Å². The van der Waals surface area contributed by atoms with Gasteiger partial charge in [0.15, 0.2) is 11.6 Å². The Morgan fingerprint density at radius 2 is 2.17 bits per heavy atom. The van der Waals surface area contributed by atoms with Crippen LogP contribution in [0, 0.1) is 12.7 Å². The first-order valence-electron chi connectivity index (χ1n) is 5.71. The fourth-order valence-electron chi connectivity index (χ4n) is 1.59. The molecule has 1 heterocycles. The van der Waals surface area contributed by atoms with Crippen LogP contribution in [-0.2, 0) is 6.61 Å². The number of pyridine rings is 1. The maximum atomic E-state index is 13.7. The van der Waals surface area contributed by atoms with Crippen molar-refractivity contribution >= 4 is 5.82 Å². The third kappa shape index (κ3) is 2.77. The Bertz CT molecular complexity index is 543. The summed E-state index contributed by atoms with van der Waals surface area (Å²) in [4.78, 5) is 4.10. The lowest BCUT2D eigenvalue weighted by atomic mass is 10.2. The smallest absolute Gasteiger partial charge is 0.167 e. The Labute approximate surface area is 106 Å². The molecule has 0 radical (unpaired) electrons. The van der Waals surface area contributed by atoms with E-state index in [1.54, 1.807) is 38.4 Å². The minimum atomic E-state index is -0.305. The molecule has 2 rings (SSSR count). The number of rotatable bonds is 4. The molecule has 3 nitrogen and oxygen atoms in total. The molecule has 0 fully saturated rings. The summed E-state index contributed by atoms with van der Waals surface area (Å²) in [5.41, 5.74) is 1.52. The van der Waals surface area contributed by atoms with Crippen LogP contribution >= 0.6 is 0 Å². The molecule has 0 aliphatic rings. The SMILES string of the molecule is CNc1cc(COc2cccc(C)c2F)ccn1. The second kappa shape index (κ2) is 5.49. The molecule has 0 aliphatic carbocycles. The molecule has 0 saturated carbocycles. The van der Waals surface area contributed by atoms with Crippen molar-refractivity contribution in [1.82, 2.24) is 4.98 Å². The highest BCUT2D eigenvalue weighted by molar-refractivity contribution is 5.37. The predicted molar refractivity (Wildman–Crippen MR) is 69.3 cm³/mol. The molecule has 1 N–H and O–H groups in total. The maximum Gasteiger partial charge on any atom is 0.167 e. The molecule has 2 aromatic rings. The van der Waals surface area contributed by atoms with Gasteiger partial charge < -0.3 is 10.1 Å². The molecule has 0 bridgehead atoms. The summed E-state index contributed by atoms with van der Waals surface area (Å²) in [5, 5.41) is 2.95. The van der Waals surface area contributed by atoms with Gasteiger partial charge in [-0.1, -0.05) is 12.1 Å². The molecule has 0 unspecified atom stereocenters. The first-order valence-corrected chi connectivity index (χ1v) is 5.71. The van der Waals surface area contributed by atoms with Crippen LogP contribution < -0.4 is 10.1 Å². The minimum Gasteiger partial charge on any atom is -0.486 e. The molecule has 0 atom stereocenters. The standard InChI is InChI=1S/C14H15FN2O/c1-10-4-3-5-12(14(10)15)18-9-11-6-7-17-13(8-11)16-2/h3-8H,9H2,1-2H3,(H,16,17). The zero-order chi connectivity index (χ0) is 13.0. The lowest BCUT2D eigenvalue weighted by Gasteiger charge is -2.09. The second-order valence-electron chi connectivity index (χ2n) is 3.98. The van der Waals surface area contributed by atoms with Gasteiger partial charge >= 0.3 is 0 Å². The lowest BCUT2D eigenvalue weighted by molar-refractivity contribution is 0.289. The van der Waals surface area contributed by atoms with E-state index >= 15 is 0 Å². The molecule has 0 aliphatic heterocycles. The zero-order valence-electron chi connectivity index (χ0n) is 10.4. The van der Waals surface area contributed by atoms with Gasteiger partial charge in [-0.15, -0.1) is 0 Å². The van der Waals surface area contributed by atoms with Crippen LogP contribution in [0.3, 0.4) is 0 Å². The average Bonchev–Trinajstić information content (AvgIpc) is 2.41. The molecular weight excluding hydrogens is 231 g/mol. The van der Waals surface area contributed by atoms with E-state index in [2.05, 4.69) is 10.3 Å². The number of aromatic nitrogens is 1. The summed E-state index contributed by atoms with van der Waals surface area (Å²) in [6, 6.07) is 8.83. The van der Waals surface area contributed by atoms with Crippen molar-refractivity contribution in [2.24, 2.45) is 0 Å². The van der Waals surface area contributed by atoms with E-state index in [0.717, 1.165) is 11.4 Å². The van der Waals surface area contributed by atoms with Gasteiger partial charge in [0, 0.05) is 13.2 Å². The van der Waals surface area contributed by atoms with Crippen molar-refractivity contribution < 1.29 is 9.13 Å². The quantitative estimate of drug-likeness (QED) is 0.899. The molecule has 0 saturated heterocycles. The van der Waals surface area contributed by atoms with Crippen LogP contribution in [-0.4, -0.2) is 12.0 Å². The van der Waals surface area contributed by atoms with Crippen LogP contribution in [0.4, 0.5) is 10.2 Å². The number of nitrogens with one attached hydrogen (secondary N) is 1. The maximum absolute atomic E-state index is 13.7. The van der Waals surface area contributed by atoms with E-state index in [4.69, 9.17) is 4.74 Å². The third-order valence-corrected chi connectivity index (χ3v) is 2.63. The Morgan fingerprint density at radius 3 is 2.94 bits per heavy atom. The summed E-state index contributed by atoms with van der Waals surface area (Å²) in [7, 11) is 1.80. The summed E-state index contributed by atoms with van der Waals surface area (Å²) in [6.07, 6.45) is 1.69. The fraction of sp³-hybridized carbons (Fsp3) is 0.214. The van der Waals surface area contributed by atoms with Gasteiger partial charge in [-0.2, -0.15) is 0 Å². The zero-order valence-corrected chi connectivity index (χ0v) is 10.4. The number of ether oxygens (including phenoxy) is 1. The second-order valence-corrected chi connectivity index (χ2v) is 3.98. The van der Waals surface area contributed by atoms with Gasteiger partial charge in [0.1, 0.15) is 12.4 Å². The normalized spacial score (nSPS) is 10.2. The highest BCUT2D eigenvalue weighted by Crippen LogP contribution is 2.21. The summed E-state index contributed by atoms with van der Waals surface area (Å²) in [5.74, 6) is 0.735. The van der Waals surface area contributed by atoms with E-state index in [1.165, 1.54) is 0 Å². The first-order chi connectivity index (χ1) is 8.70. The van der Waals surface area contributed by atoms with Crippen molar-refractivity contribution in [3.63, 3.8) is 0 Å². The van der Waals surface area contributed by atoms with Crippen LogP contribution in [0.5, 0.6) is 5.75 Å². The van der Waals surface area contributed by atoms with E-state index in [-0.39, 0.29) is 11.6 Å². The molecule has 0 amide bonds. The van der Waals surface area contributed by atoms with Crippen molar-refractivity contribution in [2.45, 2.75) is 13.5 Å². The molecule has 4 heteroatoms. The van der Waals surface area contributed by atoms with Crippen LogP contribution in [0.25, 0.3) is 0 Å². The van der Waals surface area contributed by atoms with Crippen molar-refractivity contribution in [2.75, 3.05) is 12.4 Å². The topological polar surface area (TPSA) is 34.1 Å². The number of nitrogens with zero attached hydrogens (tertiary/aromatic N) is 1. The third-order valence-electron chi connectivity index (χ3n) is 2.63. The first kappa shape index (κ1) is 12.4. The van der Waals surface area contributed by atoms with Gasteiger partial charge in [-0.3, -0.25) is 0 Å². The van der Waals surface area contributed by atoms with E-state index < -0.39 is 0 Å². The monoisotopic (exact) mass is 246 g/mol. The number of hydrogen-bond donors (Lipinski definition) is 1. The van der Waals surface area contributed by atoms with Crippen LogP contribution in [0.2, 0.25) is 0 Å². The number of halogens is 1. The van der Waals surface area contributed by atoms with E-state index in [9.17, 15) is 4.39 Å². The van der Waals surface area contributed by atoms with Crippen LogP contribution in [0.1, 0.15) is 11.1 Å². The molecule has 94 valence electrons. The van der Waals surface area contributed by atoms with Gasteiger partial charge in [0.05, 0.1) is 0 Å². The summed E-state index contributed by atoms with van der Waals surface area (Å²) in [6.45, 7) is 2.03. The highest BCUT2D eigenvalue weighted by Gasteiger charge is 2.06. The Kier molecular flexibility index (Phi) is 3.77. The van der Waals surface area contributed by atoms with Gasteiger partial charge in [0.25, 0.3) is 0 Å². The Hall–Kier alpha value is -2.10. The number of hydrogen-bond acceptors (Lipinski definition) is 3. The Balaban J connectivity index is 2.09. The van der Waals surface area contributed by atoms with Gasteiger partial charge in [-0.05, 0) is 36.2 Å². The largest absolute Gasteiger partial charge is 0.486 e. The molecule has 0 spiro atoms. The summed E-state index contributed by atoms with van der Waals surface area (Å²) < 4.78 is 19.2. The van der Waals surface area contributed by atoms with Gasteiger partial charge in [-0.25, -0.2) is 9.37 Å². The average molecular weight is 246 g/mol. The molecular formula is C14H15FN2O. The van der Waals surface area contributed by atoms with Gasteiger partial charge in [0.2, 0.25) is 0 Å². The van der Waals surface area contributed by atoms with Crippen molar-refractivity contribution in [3.05, 3.63) is 53.5 Å². The van der Waals surface area contributed by atoms with E-state index in [1.807, 2.05) is 12.1 Å². The molecule has 1 aromatic carbocycles. The lowest BCUT2D eigenvalue weighted by Crippen LogP contribution is -2.00. The fourth-order valence-corrected chi connectivity index (χ4v) is 1.59. The highest BCUT2D eigenvalue weighted by atomic mass is 19.1.